The second-order valence-electron chi connectivity index (χ2n) is 5.06. The number of para-hydroxylation sites is 1. The Kier molecular flexibility index (Phi) is 3.03. The van der Waals surface area contributed by atoms with Gasteiger partial charge in [0.2, 0.25) is 5.88 Å². The van der Waals surface area contributed by atoms with Gasteiger partial charge in [-0.05, 0) is 32.4 Å². The van der Waals surface area contributed by atoms with Crippen molar-refractivity contribution < 1.29 is 4.74 Å². The van der Waals surface area contributed by atoms with E-state index in [1.54, 1.807) is 0 Å². The van der Waals surface area contributed by atoms with Gasteiger partial charge in [0, 0.05) is 18.0 Å². The Morgan fingerprint density at radius 3 is 2.59 bits per heavy atom. The zero-order valence-corrected chi connectivity index (χ0v) is 10.5. The minimum absolute atomic E-state index is 0.249. The van der Waals surface area contributed by atoms with Gasteiger partial charge in [-0.3, -0.25) is 0 Å². The summed E-state index contributed by atoms with van der Waals surface area (Å²) >= 11 is 0. The number of rotatable bonds is 2. The number of aromatic nitrogens is 1. The third kappa shape index (κ3) is 2.74. The lowest BCUT2D eigenvalue weighted by molar-refractivity contribution is 0.124. The molecule has 0 unspecified atom stereocenters. The van der Waals surface area contributed by atoms with Gasteiger partial charge in [0.15, 0.2) is 0 Å². The quantitative estimate of drug-likeness (QED) is 0.863. The second-order valence-corrected chi connectivity index (χ2v) is 5.06. The van der Waals surface area contributed by atoms with Gasteiger partial charge < -0.3 is 10.5 Å². The minimum Gasteiger partial charge on any atom is -0.472 e. The number of benzene rings is 1. The normalized spacial score (nSPS) is 11.8. The first kappa shape index (κ1) is 11.9. The fraction of sp³-hybridized carbons (Fsp3) is 0.357. The van der Waals surface area contributed by atoms with Gasteiger partial charge in [-0.2, -0.15) is 0 Å². The molecule has 0 amide bonds. The van der Waals surface area contributed by atoms with E-state index in [1.807, 2.05) is 51.1 Å². The largest absolute Gasteiger partial charge is 0.472 e. The second kappa shape index (κ2) is 4.34. The van der Waals surface area contributed by atoms with E-state index in [-0.39, 0.29) is 5.60 Å². The first-order valence-electron chi connectivity index (χ1n) is 5.77. The number of hydrogen-bond acceptors (Lipinski definition) is 3. The SMILES string of the molecule is CC(C)(C)Oc1cc(CN)c2ccccc2n1. The smallest absolute Gasteiger partial charge is 0.214 e. The first-order valence-corrected chi connectivity index (χ1v) is 5.77. The van der Waals surface area contributed by atoms with Gasteiger partial charge in [0.25, 0.3) is 0 Å². The molecule has 0 aliphatic rings. The average Bonchev–Trinajstić information content (AvgIpc) is 2.25. The van der Waals surface area contributed by atoms with Crippen LogP contribution in [0.1, 0.15) is 26.3 Å². The van der Waals surface area contributed by atoms with Crippen LogP contribution in [-0.4, -0.2) is 10.6 Å². The summed E-state index contributed by atoms with van der Waals surface area (Å²) in [6.07, 6.45) is 0. The van der Waals surface area contributed by atoms with Crippen molar-refractivity contribution in [3.63, 3.8) is 0 Å². The third-order valence-electron chi connectivity index (χ3n) is 2.41. The molecule has 1 heterocycles. The standard InChI is InChI=1S/C14H18N2O/c1-14(2,3)17-13-8-10(9-15)11-6-4-5-7-12(11)16-13/h4-8H,9,15H2,1-3H3. The minimum atomic E-state index is -0.249. The van der Waals surface area contributed by atoms with Crippen LogP contribution in [0.4, 0.5) is 0 Å². The Balaban J connectivity index is 2.53. The van der Waals surface area contributed by atoms with Gasteiger partial charge in [0.05, 0.1) is 5.52 Å². The van der Waals surface area contributed by atoms with Gasteiger partial charge in [0.1, 0.15) is 5.60 Å². The Hall–Kier alpha value is -1.61. The summed E-state index contributed by atoms with van der Waals surface area (Å²) in [5, 5.41) is 1.09. The maximum absolute atomic E-state index is 5.79. The van der Waals surface area contributed by atoms with Crippen molar-refractivity contribution in [2.45, 2.75) is 32.9 Å². The average molecular weight is 230 g/mol. The van der Waals surface area contributed by atoms with E-state index in [1.165, 1.54) is 0 Å². The van der Waals surface area contributed by atoms with Gasteiger partial charge in [-0.1, -0.05) is 18.2 Å². The molecule has 90 valence electrons. The Morgan fingerprint density at radius 1 is 1.24 bits per heavy atom. The van der Waals surface area contributed by atoms with Crippen molar-refractivity contribution >= 4 is 10.9 Å². The molecule has 1 aromatic carbocycles. The predicted molar refractivity (Wildman–Crippen MR) is 70.0 cm³/mol. The monoisotopic (exact) mass is 230 g/mol. The van der Waals surface area contributed by atoms with Crippen molar-refractivity contribution in [2.24, 2.45) is 5.73 Å². The summed E-state index contributed by atoms with van der Waals surface area (Å²) in [6.45, 7) is 6.51. The topological polar surface area (TPSA) is 48.1 Å². The molecule has 1 aromatic heterocycles. The molecular weight excluding hydrogens is 212 g/mol. The van der Waals surface area contributed by atoms with E-state index in [2.05, 4.69) is 4.98 Å². The number of fused-ring (bicyclic) bond motifs is 1. The number of hydrogen-bond donors (Lipinski definition) is 1. The number of ether oxygens (including phenoxy) is 1. The molecule has 0 fully saturated rings. The summed E-state index contributed by atoms with van der Waals surface area (Å²) in [5.74, 6) is 0.636. The van der Waals surface area contributed by atoms with Gasteiger partial charge in [-0.25, -0.2) is 4.98 Å². The molecule has 0 bridgehead atoms. The molecule has 2 aromatic rings. The molecule has 0 saturated heterocycles. The molecule has 2 N–H and O–H groups in total. The molecule has 3 heteroatoms. The van der Waals surface area contributed by atoms with Crippen LogP contribution in [0.15, 0.2) is 30.3 Å². The van der Waals surface area contributed by atoms with Crippen LogP contribution >= 0.6 is 0 Å². The Bertz CT molecular complexity index is 529. The Labute approximate surface area is 102 Å². The first-order chi connectivity index (χ1) is 7.99. The lowest BCUT2D eigenvalue weighted by Crippen LogP contribution is -2.23. The molecule has 0 atom stereocenters. The number of nitrogens with zero attached hydrogens (tertiary/aromatic N) is 1. The number of pyridine rings is 1. The highest BCUT2D eigenvalue weighted by Crippen LogP contribution is 2.24. The zero-order chi connectivity index (χ0) is 12.5. The Morgan fingerprint density at radius 2 is 1.94 bits per heavy atom. The van der Waals surface area contributed by atoms with Crippen molar-refractivity contribution in [3.05, 3.63) is 35.9 Å². The van der Waals surface area contributed by atoms with Crippen LogP contribution in [-0.2, 0) is 6.54 Å². The van der Waals surface area contributed by atoms with E-state index in [0.29, 0.717) is 12.4 Å². The molecule has 0 aliphatic carbocycles. The van der Waals surface area contributed by atoms with Crippen LogP contribution in [0, 0.1) is 0 Å². The highest BCUT2D eigenvalue weighted by atomic mass is 16.5. The fourth-order valence-corrected chi connectivity index (χ4v) is 1.76. The van der Waals surface area contributed by atoms with E-state index in [9.17, 15) is 0 Å². The van der Waals surface area contributed by atoms with E-state index < -0.39 is 0 Å². The van der Waals surface area contributed by atoms with Gasteiger partial charge in [-0.15, -0.1) is 0 Å². The predicted octanol–water partition coefficient (Wildman–Crippen LogP) is 2.87. The zero-order valence-electron chi connectivity index (χ0n) is 10.5. The molecule has 17 heavy (non-hydrogen) atoms. The summed E-state index contributed by atoms with van der Waals surface area (Å²) in [7, 11) is 0. The summed E-state index contributed by atoms with van der Waals surface area (Å²) < 4.78 is 5.79. The maximum Gasteiger partial charge on any atom is 0.214 e. The molecule has 0 spiro atoms. The molecule has 0 saturated carbocycles. The molecule has 2 rings (SSSR count). The fourth-order valence-electron chi connectivity index (χ4n) is 1.76. The van der Waals surface area contributed by atoms with Crippen LogP contribution in [0.25, 0.3) is 10.9 Å². The summed E-state index contributed by atoms with van der Waals surface area (Å²) in [6, 6.07) is 9.90. The van der Waals surface area contributed by atoms with E-state index in [0.717, 1.165) is 16.5 Å². The highest BCUT2D eigenvalue weighted by molar-refractivity contribution is 5.82. The van der Waals surface area contributed by atoms with Crippen molar-refractivity contribution in [2.75, 3.05) is 0 Å². The molecule has 0 radical (unpaired) electrons. The molecular formula is C14H18N2O. The highest BCUT2D eigenvalue weighted by Gasteiger charge is 2.14. The van der Waals surface area contributed by atoms with E-state index in [4.69, 9.17) is 10.5 Å². The van der Waals surface area contributed by atoms with E-state index >= 15 is 0 Å². The van der Waals surface area contributed by atoms with Crippen LogP contribution in [0.5, 0.6) is 5.88 Å². The van der Waals surface area contributed by atoms with Crippen LogP contribution in [0.3, 0.4) is 0 Å². The van der Waals surface area contributed by atoms with Crippen LogP contribution in [0.2, 0.25) is 0 Å². The van der Waals surface area contributed by atoms with Crippen molar-refractivity contribution in [1.82, 2.24) is 4.98 Å². The lowest BCUT2D eigenvalue weighted by Gasteiger charge is -2.21. The third-order valence-corrected chi connectivity index (χ3v) is 2.41. The van der Waals surface area contributed by atoms with Crippen molar-refractivity contribution in [1.29, 1.82) is 0 Å². The molecule has 3 nitrogen and oxygen atoms in total. The van der Waals surface area contributed by atoms with Gasteiger partial charge >= 0.3 is 0 Å². The summed E-state index contributed by atoms with van der Waals surface area (Å²) in [5.41, 5.74) is 7.51. The lowest BCUT2D eigenvalue weighted by atomic mass is 10.1. The maximum atomic E-state index is 5.79. The number of nitrogens with two attached hydrogens (primary N) is 1. The summed E-state index contributed by atoms with van der Waals surface area (Å²) in [4.78, 5) is 4.49. The van der Waals surface area contributed by atoms with Crippen LogP contribution < -0.4 is 10.5 Å². The molecule has 0 aliphatic heterocycles. The van der Waals surface area contributed by atoms with Crippen molar-refractivity contribution in [3.8, 4) is 5.88 Å².